The van der Waals surface area contributed by atoms with E-state index in [2.05, 4.69) is 16.0 Å². The molecule has 0 atom stereocenters. The molecule has 0 aromatic heterocycles. The van der Waals surface area contributed by atoms with Gasteiger partial charge in [0.2, 0.25) is 5.91 Å². The highest BCUT2D eigenvalue weighted by molar-refractivity contribution is 5.77. The SMILES string of the molecule is CCNC(=O)CNC1CCC(NC(=O)OC(C)(C)C)CC1. The van der Waals surface area contributed by atoms with E-state index in [1.165, 1.54) is 0 Å². The van der Waals surface area contributed by atoms with E-state index in [-0.39, 0.29) is 18.0 Å². The summed E-state index contributed by atoms with van der Waals surface area (Å²) in [5.74, 6) is 0.0338. The first kappa shape index (κ1) is 17.8. The molecule has 2 amide bonds. The predicted molar refractivity (Wildman–Crippen MR) is 82.1 cm³/mol. The molecule has 6 nitrogen and oxygen atoms in total. The van der Waals surface area contributed by atoms with Crippen LogP contribution in [0.3, 0.4) is 0 Å². The zero-order chi connectivity index (χ0) is 15.9. The number of alkyl carbamates (subject to hydrolysis) is 1. The van der Waals surface area contributed by atoms with Crippen molar-refractivity contribution in [3.8, 4) is 0 Å². The number of nitrogens with one attached hydrogen (secondary N) is 3. The van der Waals surface area contributed by atoms with Gasteiger partial charge in [0.25, 0.3) is 0 Å². The van der Waals surface area contributed by atoms with Crippen LogP contribution >= 0.6 is 0 Å². The van der Waals surface area contributed by atoms with Gasteiger partial charge in [-0.25, -0.2) is 4.79 Å². The number of likely N-dealkylation sites (N-methyl/N-ethyl adjacent to an activating group) is 1. The van der Waals surface area contributed by atoms with Gasteiger partial charge in [-0.15, -0.1) is 0 Å². The smallest absolute Gasteiger partial charge is 0.407 e. The van der Waals surface area contributed by atoms with Crippen LogP contribution in [0.2, 0.25) is 0 Å². The molecule has 0 heterocycles. The van der Waals surface area contributed by atoms with Crippen molar-refractivity contribution in [1.82, 2.24) is 16.0 Å². The summed E-state index contributed by atoms with van der Waals surface area (Å²) in [5, 5.41) is 8.94. The van der Waals surface area contributed by atoms with E-state index in [0.29, 0.717) is 19.1 Å². The minimum atomic E-state index is -0.463. The lowest BCUT2D eigenvalue weighted by molar-refractivity contribution is -0.120. The van der Waals surface area contributed by atoms with E-state index >= 15 is 0 Å². The summed E-state index contributed by atoms with van der Waals surface area (Å²) in [6, 6.07) is 0.520. The van der Waals surface area contributed by atoms with Crippen LogP contribution in [0.25, 0.3) is 0 Å². The number of hydrogen-bond donors (Lipinski definition) is 3. The van der Waals surface area contributed by atoms with Crippen molar-refractivity contribution in [2.75, 3.05) is 13.1 Å². The third kappa shape index (κ3) is 7.90. The van der Waals surface area contributed by atoms with E-state index in [1.807, 2.05) is 27.7 Å². The van der Waals surface area contributed by atoms with E-state index in [9.17, 15) is 9.59 Å². The summed E-state index contributed by atoms with van der Waals surface area (Å²) < 4.78 is 5.25. The van der Waals surface area contributed by atoms with Crippen molar-refractivity contribution in [3.05, 3.63) is 0 Å². The zero-order valence-corrected chi connectivity index (χ0v) is 13.6. The van der Waals surface area contributed by atoms with Crippen molar-refractivity contribution in [1.29, 1.82) is 0 Å². The van der Waals surface area contributed by atoms with Crippen LogP contribution in [-0.2, 0) is 9.53 Å². The molecule has 1 saturated carbocycles. The Hall–Kier alpha value is -1.30. The van der Waals surface area contributed by atoms with E-state index in [0.717, 1.165) is 25.7 Å². The monoisotopic (exact) mass is 299 g/mol. The van der Waals surface area contributed by atoms with Crippen LogP contribution in [0, 0.1) is 0 Å². The molecule has 0 saturated heterocycles. The molecule has 1 fully saturated rings. The molecule has 0 aromatic carbocycles. The summed E-state index contributed by atoms with van der Waals surface area (Å²) in [7, 11) is 0. The maximum Gasteiger partial charge on any atom is 0.407 e. The molecule has 0 aromatic rings. The fourth-order valence-corrected chi connectivity index (χ4v) is 2.41. The maximum atomic E-state index is 11.7. The Morgan fingerprint density at radius 1 is 1.10 bits per heavy atom. The van der Waals surface area contributed by atoms with Crippen molar-refractivity contribution >= 4 is 12.0 Å². The molecule has 0 aliphatic heterocycles. The van der Waals surface area contributed by atoms with Crippen LogP contribution in [-0.4, -0.2) is 42.8 Å². The van der Waals surface area contributed by atoms with Gasteiger partial charge in [0.1, 0.15) is 5.60 Å². The Bertz CT molecular complexity index is 345. The molecule has 6 heteroatoms. The highest BCUT2D eigenvalue weighted by Crippen LogP contribution is 2.19. The normalized spacial score (nSPS) is 22.5. The van der Waals surface area contributed by atoms with E-state index in [4.69, 9.17) is 4.74 Å². The average Bonchev–Trinajstić information content (AvgIpc) is 2.36. The van der Waals surface area contributed by atoms with Gasteiger partial charge < -0.3 is 20.7 Å². The summed E-state index contributed by atoms with van der Waals surface area (Å²) in [6.07, 6.45) is 3.39. The lowest BCUT2D eigenvalue weighted by Crippen LogP contribution is -2.45. The molecule has 1 rings (SSSR count). The highest BCUT2D eigenvalue weighted by atomic mass is 16.6. The number of ether oxygens (including phenoxy) is 1. The standard InChI is InChI=1S/C15H29N3O3/c1-5-16-13(19)10-17-11-6-8-12(9-7-11)18-14(20)21-15(2,3)4/h11-12,17H,5-10H2,1-4H3,(H,16,19)(H,18,20). The third-order valence-corrected chi connectivity index (χ3v) is 3.37. The van der Waals surface area contributed by atoms with Crippen LogP contribution in [0.15, 0.2) is 0 Å². The summed E-state index contributed by atoms with van der Waals surface area (Å²) in [5.41, 5.74) is -0.463. The van der Waals surface area contributed by atoms with Gasteiger partial charge in [-0.1, -0.05) is 0 Å². The second kappa shape index (κ2) is 8.22. The average molecular weight is 299 g/mol. The van der Waals surface area contributed by atoms with Crippen molar-refractivity contribution in [2.24, 2.45) is 0 Å². The lowest BCUT2D eigenvalue weighted by atomic mass is 9.91. The van der Waals surface area contributed by atoms with Gasteiger partial charge in [0.15, 0.2) is 0 Å². The highest BCUT2D eigenvalue weighted by Gasteiger charge is 2.24. The second-order valence-electron chi connectivity index (χ2n) is 6.53. The number of hydrogen-bond acceptors (Lipinski definition) is 4. The molecular weight excluding hydrogens is 270 g/mol. The molecule has 0 radical (unpaired) electrons. The largest absolute Gasteiger partial charge is 0.444 e. The summed E-state index contributed by atoms with van der Waals surface area (Å²) in [4.78, 5) is 23.1. The van der Waals surface area contributed by atoms with E-state index in [1.54, 1.807) is 0 Å². The number of rotatable bonds is 5. The van der Waals surface area contributed by atoms with Crippen molar-refractivity contribution < 1.29 is 14.3 Å². The molecule has 122 valence electrons. The second-order valence-corrected chi connectivity index (χ2v) is 6.53. The minimum absolute atomic E-state index is 0.0338. The fraction of sp³-hybridized carbons (Fsp3) is 0.867. The first-order valence-corrected chi connectivity index (χ1v) is 7.79. The number of carbonyl (C=O) groups is 2. The molecular formula is C15H29N3O3. The van der Waals surface area contributed by atoms with Gasteiger partial charge in [-0.05, 0) is 53.4 Å². The van der Waals surface area contributed by atoms with Gasteiger partial charge >= 0.3 is 6.09 Å². The Morgan fingerprint density at radius 2 is 1.67 bits per heavy atom. The van der Waals surface area contributed by atoms with Gasteiger partial charge in [-0.3, -0.25) is 4.79 Å². The van der Waals surface area contributed by atoms with Crippen LogP contribution in [0.4, 0.5) is 4.79 Å². The maximum absolute atomic E-state index is 11.7. The minimum Gasteiger partial charge on any atom is -0.444 e. The summed E-state index contributed by atoms with van der Waals surface area (Å²) >= 11 is 0. The quantitative estimate of drug-likeness (QED) is 0.719. The molecule has 3 N–H and O–H groups in total. The van der Waals surface area contributed by atoms with Crippen LogP contribution in [0.1, 0.15) is 53.4 Å². The van der Waals surface area contributed by atoms with Crippen LogP contribution in [0.5, 0.6) is 0 Å². The zero-order valence-electron chi connectivity index (χ0n) is 13.6. The van der Waals surface area contributed by atoms with Crippen molar-refractivity contribution in [3.63, 3.8) is 0 Å². The lowest BCUT2D eigenvalue weighted by Gasteiger charge is -2.30. The van der Waals surface area contributed by atoms with Crippen LogP contribution < -0.4 is 16.0 Å². The predicted octanol–water partition coefficient (Wildman–Crippen LogP) is 1.55. The van der Waals surface area contributed by atoms with Crippen molar-refractivity contribution in [2.45, 2.75) is 71.1 Å². The Morgan fingerprint density at radius 3 is 2.19 bits per heavy atom. The Labute approximate surface area is 127 Å². The molecule has 0 spiro atoms. The first-order valence-electron chi connectivity index (χ1n) is 7.79. The topological polar surface area (TPSA) is 79.5 Å². The third-order valence-electron chi connectivity index (χ3n) is 3.37. The van der Waals surface area contributed by atoms with Gasteiger partial charge in [0, 0.05) is 18.6 Å². The molecule has 1 aliphatic rings. The summed E-state index contributed by atoms with van der Waals surface area (Å²) in [6.45, 7) is 8.50. The van der Waals surface area contributed by atoms with Gasteiger partial charge in [0.05, 0.1) is 6.54 Å². The number of amides is 2. The fourth-order valence-electron chi connectivity index (χ4n) is 2.41. The molecule has 0 unspecified atom stereocenters. The molecule has 1 aliphatic carbocycles. The molecule has 21 heavy (non-hydrogen) atoms. The molecule has 0 bridgehead atoms. The first-order chi connectivity index (χ1) is 9.80. The number of carbonyl (C=O) groups excluding carboxylic acids is 2. The Balaban J connectivity index is 2.20. The Kier molecular flexibility index (Phi) is 6.95. The van der Waals surface area contributed by atoms with Gasteiger partial charge in [-0.2, -0.15) is 0 Å². The van der Waals surface area contributed by atoms with E-state index < -0.39 is 5.60 Å².